The first-order chi connectivity index (χ1) is 9.56. The highest BCUT2D eigenvalue weighted by molar-refractivity contribution is 5.94. The van der Waals surface area contributed by atoms with Crippen LogP contribution in [0.1, 0.15) is 26.7 Å². The molecule has 4 nitrogen and oxygen atoms in total. The first-order valence-corrected chi connectivity index (χ1v) is 7.04. The molecule has 1 saturated heterocycles. The van der Waals surface area contributed by atoms with Crippen LogP contribution in [0.25, 0.3) is 0 Å². The summed E-state index contributed by atoms with van der Waals surface area (Å²) in [5, 5.41) is 6.01. The smallest absolute Gasteiger partial charge is 0.227 e. The molecular weight excluding hydrogens is 295 g/mol. The minimum atomic E-state index is -0.387. The Morgan fingerprint density at radius 3 is 2.67 bits per heavy atom. The van der Waals surface area contributed by atoms with Crippen molar-refractivity contribution in [2.45, 2.75) is 32.8 Å². The van der Waals surface area contributed by atoms with Gasteiger partial charge < -0.3 is 15.4 Å². The standard InChI is InChI=1S/C15H21FN2O2.ClH/c1-10(2)20-14-4-3-12(16)9-13(14)18-15(19)11-5-7-17-8-6-11;/h3-4,9-11,17H,5-8H2,1-2H3,(H,18,19);1H. The molecule has 0 aliphatic carbocycles. The van der Waals surface area contributed by atoms with Crippen molar-refractivity contribution in [1.82, 2.24) is 5.32 Å². The van der Waals surface area contributed by atoms with Crippen molar-refractivity contribution in [2.75, 3.05) is 18.4 Å². The number of anilines is 1. The summed E-state index contributed by atoms with van der Waals surface area (Å²) in [5.41, 5.74) is 0.405. The van der Waals surface area contributed by atoms with E-state index in [-0.39, 0.29) is 36.2 Å². The van der Waals surface area contributed by atoms with E-state index in [1.54, 1.807) is 6.07 Å². The Morgan fingerprint density at radius 2 is 2.05 bits per heavy atom. The fourth-order valence-corrected chi connectivity index (χ4v) is 2.28. The van der Waals surface area contributed by atoms with Crippen molar-refractivity contribution in [3.8, 4) is 5.75 Å². The largest absolute Gasteiger partial charge is 0.489 e. The zero-order chi connectivity index (χ0) is 14.5. The molecule has 2 N–H and O–H groups in total. The van der Waals surface area contributed by atoms with Gasteiger partial charge in [0.2, 0.25) is 5.91 Å². The number of hydrogen-bond acceptors (Lipinski definition) is 3. The zero-order valence-corrected chi connectivity index (χ0v) is 13.1. The van der Waals surface area contributed by atoms with Gasteiger partial charge in [0.25, 0.3) is 0 Å². The fourth-order valence-electron chi connectivity index (χ4n) is 2.28. The van der Waals surface area contributed by atoms with Gasteiger partial charge in [-0.1, -0.05) is 0 Å². The van der Waals surface area contributed by atoms with Crippen LogP contribution >= 0.6 is 12.4 Å². The number of nitrogens with one attached hydrogen (secondary N) is 2. The van der Waals surface area contributed by atoms with Crippen molar-refractivity contribution < 1.29 is 13.9 Å². The maximum Gasteiger partial charge on any atom is 0.227 e. The molecule has 1 aliphatic heterocycles. The SMILES string of the molecule is CC(C)Oc1ccc(F)cc1NC(=O)C1CCNCC1.Cl. The average Bonchev–Trinajstić information content (AvgIpc) is 2.42. The lowest BCUT2D eigenvalue weighted by atomic mass is 9.97. The lowest BCUT2D eigenvalue weighted by Crippen LogP contribution is -2.34. The van der Waals surface area contributed by atoms with Crippen molar-refractivity contribution in [3.63, 3.8) is 0 Å². The maximum atomic E-state index is 13.4. The van der Waals surface area contributed by atoms with E-state index in [1.807, 2.05) is 13.8 Å². The van der Waals surface area contributed by atoms with Crippen LogP contribution in [0.2, 0.25) is 0 Å². The number of carbonyl (C=O) groups excluding carboxylic acids is 1. The highest BCUT2D eigenvalue weighted by Crippen LogP contribution is 2.27. The molecular formula is C15H22ClFN2O2. The fraction of sp³-hybridized carbons (Fsp3) is 0.533. The van der Waals surface area contributed by atoms with Crippen LogP contribution in [-0.4, -0.2) is 25.1 Å². The Labute approximate surface area is 130 Å². The summed E-state index contributed by atoms with van der Waals surface area (Å²) in [7, 11) is 0. The van der Waals surface area contributed by atoms with E-state index in [2.05, 4.69) is 10.6 Å². The number of benzene rings is 1. The molecule has 2 rings (SSSR count). The first-order valence-electron chi connectivity index (χ1n) is 7.04. The predicted molar refractivity (Wildman–Crippen MR) is 83.6 cm³/mol. The molecule has 1 heterocycles. The lowest BCUT2D eigenvalue weighted by Gasteiger charge is -2.22. The van der Waals surface area contributed by atoms with E-state index < -0.39 is 0 Å². The molecule has 6 heteroatoms. The molecule has 1 aromatic carbocycles. The molecule has 0 atom stereocenters. The Kier molecular flexibility index (Phi) is 6.92. The van der Waals surface area contributed by atoms with Gasteiger partial charge in [-0.3, -0.25) is 4.79 Å². The molecule has 1 aromatic rings. The van der Waals surface area contributed by atoms with E-state index in [0.29, 0.717) is 11.4 Å². The molecule has 0 saturated carbocycles. The lowest BCUT2D eigenvalue weighted by molar-refractivity contribution is -0.120. The monoisotopic (exact) mass is 316 g/mol. The van der Waals surface area contributed by atoms with Gasteiger partial charge >= 0.3 is 0 Å². The third kappa shape index (κ3) is 5.17. The summed E-state index contributed by atoms with van der Waals surface area (Å²) >= 11 is 0. The average molecular weight is 317 g/mol. The Morgan fingerprint density at radius 1 is 1.38 bits per heavy atom. The molecule has 0 spiro atoms. The van der Waals surface area contributed by atoms with Crippen molar-refractivity contribution >= 4 is 24.0 Å². The molecule has 0 unspecified atom stereocenters. The van der Waals surface area contributed by atoms with Crippen LogP contribution in [0.15, 0.2) is 18.2 Å². The highest BCUT2D eigenvalue weighted by Gasteiger charge is 2.22. The van der Waals surface area contributed by atoms with Crippen LogP contribution in [0.3, 0.4) is 0 Å². The van der Waals surface area contributed by atoms with Crippen molar-refractivity contribution in [2.24, 2.45) is 5.92 Å². The second-order valence-corrected chi connectivity index (χ2v) is 5.32. The molecule has 118 valence electrons. The van der Waals surface area contributed by atoms with Gasteiger partial charge in [-0.2, -0.15) is 0 Å². The molecule has 1 amide bonds. The van der Waals surface area contributed by atoms with Gasteiger partial charge in [-0.15, -0.1) is 12.4 Å². The van der Waals surface area contributed by atoms with Gasteiger partial charge in [-0.05, 0) is 51.9 Å². The summed E-state index contributed by atoms with van der Waals surface area (Å²) in [6.45, 7) is 5.47. The van der Waals surface area contributed by atoms with Gasteiger partial charge in [0.15, 0.2) is 0 Å². The van der Waals surface area contributed by atoms with Crippen molar-refractivity contribution in [1.29, 1.82) is 0 Å². The van der Waals surface area contributed by atoms with Crippen LogP contribution in [0.5, 0.6) is 5.75 Å². The third-order valence-corrected chi connectivity index (χ3v) is 3.27. The van der Waals surface area contributed by atoms with Crippen LogP contribution < -0.4 is 15.4 Å². The number of halogens is 2. The van der Waals surface area contributed by atoms with E-state index in [4.69, 9.17) is 4.74 Å². The zero-order valence-electron chi connectivity index (χ0n) is 12.3. The summed E-state index contributed by atoms with van der Waals surface area (Å²) in [6, 6.07) is 4.18. The van der Waals surface area contributed by atoms with Crippen molar-refractivity contribution in [3.05, 3.63) is 24.0 Å². The summed E-state index contributed by atoms with van der Waals surface area (Å²) in [6.07, 6.45) is 1.58. The predicted octanol–water partition coefficient (Wildman–Crippen LogP) is 2.97. The number of amides is 1. The Hall–Kier alpha value is -1.33. The second kappa shape index (κ2) is 8.20. The van der Waals surface area contributed by atoms with E-state index >= 15 is 0 Å². The van der Waals surface area contributed by atoms with Gasteiger partial charge in [0.05, 0.1) is 11.8 Å². The summed E-state index contributed by atoms with van der Waals surface area (Å²) in [4.78, 5) is 12.2. The molecule has 1 aliphatic rings. The Bertz CT molecular complexity index is 477. The molecule has 0 bridgehead atoms. The molecule has 1 fully saturated rings. The minimum absolute atomic E-state index is 0. The number of hydrogen-bond donors (Lipinski definition) is 2. The highest BCUT2D eigenvalue weighted by atomic mass is 35.5. The third-order valence-electron chi connectivity index (χ3n) is 3.27. The number of ether oxygens (including phenoxy) is 1. The Balaban J connectivity index is 0.00000220. The van der Waals surface area contributed by atoms with E-state index in [9.17, 15) is 9.18 Å². The summed E-state index contributed by atoms with van der Waals surface area (Å²) < 4.78 is 19.0. The number of rotatable bonds is 4. The maximum absolute atomic E-state index is 13.4. The van der Waals surface area contributed by atoms with Crippen LogP contribution in [-0.2, 0) is 4.79 Å². The summed E-state index contributed by atoms with van der Waals surface area (Å²) in [5.74, 6) is 0.0301. The van der Waals surface area contributed by atoms with E-state index in [1.165, 1.54) is 12.1 Å². The number of carbonyl (C=O) groups is 1. The molecule has 21 heavy (non-hydrogen) atoms. The second-order valence-electron chi connectivity index (χ2n) is 5.32. The van der Waals surface area contributed by atoms with Gasteiger partial charge in [0.1, 0.15) is 11.6 Å². The van der Waals surface area contributed by atoms with Crippen LogP contribution in [0, 0.1) is 11.7 Å². The van der Waals surface area contributed by atoms with Gasteiger partial charge in [-0.25, -0.2) is 4.39 Å². The minimum Gasteiger partial charge on any atom is -0.489 e. The topological polar surface area (TPSA) is 50.4 Å². The van der Waals surface area contributed by atoms with E-state index in [0.717, 1.165) is 25.9 Å². The molecule has 0 radical (unpaired) electrons. The quantitative estimate of drug-likeness (QED) is 0.898. The molecule has 0 aromatic heterocycles. The van der Waals surface area contributed by atoms with Gasteiger partial charge in [0, 0.05) is 12.0 Å². The van der Waals surface area contributed by atoms with Crippen LogP contribution in [0.4, 0.5) is 10.1 Å². The number of piperidine rings is 1. The normalized spacial score (nSPS) is 15.4. The first kappa shape index (κ1) is 17.7.